The van der Waals surface area contributed by atoms with Crippen molar-refractivity contribution in [2.45, 2.75) is 64.1 Å². The fourth-order valence-electron chi connectivity index (χ4n) is 5.07. The summed E-state index contributed by atoms with van der Waals surface area (Å²) < 4.78 is 12.4. The van der Waals surface area contributed by atoms with Gasteiger partial charge in [-0.15, -0.1) is 0 Å². The van der Waals surface area contributed by atoms with Crippen molar-refractivity contribution in [2.75, 3.05) is 12.4 Å². The lowest BCUT2D eigenvalue weighted by Crippen LogP contribution is -2.42. The molecule has 3 aromatic heterocycles. The number of nitrogens with two attached hydrogens (primary N) is 1. The number of ether oxygens (including phenoxy) is 2. The Kier molecular flexibility index (Phi) is 8.63. The van der Waals surface area contributed by atoms with E-state index in [9.17, 15) is 9.90 Å². The van der Waals surface area contributed by atoms with E-state index in [1.165, 1.54) is 12.1 Å². The molecule has 0 aliphatic heterocycles. The van der Waals surface area contributed by atoms with E-state index in [-0.39, 0.29) is 28.7 Å². The number of aromatic hydroxyl groups is 1. The summed E-state index contributed by atoms with van der Waals surface area (Å²) >= 11 is 6.32. The second-order valence-corrected chi connectivity index (χ2v) is 12.0. The second kappa shape index (κ2) is 12.4. The SMILES string of the molecule is COc1ccc(-c2cc3c(NC4CCC(NC(=O)OC(C)(C)C)CC4)c(C(N)=Nc4ccc(O)cc4Cl)cnn3c2)cn1. The average Bonchev–Trinajstić information content (AvgIpc) is 3.40. The number of amidine groups is 1. The highest BCUT2D eigenvalue weighted by molar-refractivity contribution is 6.33. The summed E-state index contributed by atoms with van der Waals surface area (Å²) in [5, 5.41) is 21.4. The number of phenolic OH excluding ortho intramolecular Hbond substituents is 1. The number of phenols is 1. The molecule has 0 spiro atoms. The Morgan fingerprint density at radius 2 is 1.84 bits per heavy atom. The first-order valence-corrected chi connectivity index (χ1v) is 14.5. The molecule has 4 aromatic rings. The van der Waals surface area contributed by atoms with Gasteiger partial charge < -0.3 is 30.9 Å². The van der Waals surface area contributed by atoms with Gasteiger partial charge in [0.2, 0.25) is 5.88 Å². The minimum absolute atomic E-state index is 0.0376. The number of rotatable bonds is 7. The Bertz CT molecular complexity index is 1640. The van der Waals surface area contributed by atoms with Crippen molar-refractivity contribution in [1.82, 2.24) is 19.9 Å². The van der Waals surface area contributed by atoms with Crippen LogP contribution in [0, 0.1) is 0 Å². The third kappa shape index (κ3) is 7.29. The highest BCUT2D eigenvalue weighted by Gasteiger charge is 2.26. The smallest absolute Gasteiger partial charge is 0.407 e. The number of carbonyl (C=O) groups excluding carboxylic acids is 1. The average molecular weight is 606 g/mol. The van der Waals surface area contributed by atoms with Crippen molar-refractivity contribution in [3.63, 3.8) is 0 Å². The van der Waals surface area contributed by atoms with Crippen molar-refractivity contribution >= 4 is 40.4 Å². The van der Waals surface area contributed by atoms with Crippen LogP contribution in [0.5, 0.6) is 11.6 Å². The lowest BCUT2D eigenvalue weighted by molar-refractivity contribution is 0.0492. The third-order valence-electron chi connectivity index (χ3n) is 7.16. The molecule has 226 valence electrons. The molecule has 1 amide bonds. The Morgan fingerprint density at radius 3 is 2.49 bits per heavy atom. The van der Waals surface area contributed by atoms with Crippen LogP contribution in [0.3, 0.4) is 0 Å². The zero-order chi connectivity index (χ0) is 30.7. The van der Waals surface area contributed by atoms with E-state index in [1.807, 2.05) is 45.2 Å². The zero-order valence-corrected chi connectivity index (χ0v) is 25.4. The fraction of sp³-hybridized carbons (Fsp3) is 0.355. The number of halogens is 1. The summed E-state index contributed by atoms with van der Waals surface area (Å²) in [6, 6.07) is 10.5. The van der Waals surface area contributed by atoms with Gasteiger partial charge in [-0.3, -0.25) is 0 Å². The number of carbonyl (C=O) groups is 1. The minimum atomic E-state index is -0.546. The number of nitrogens with zero attached hydrogens (tertiary/aromatic N) is 4. The van der Waals surface area contributed by atoms with Gasteiger partial charge >= 0.3 is 6.09 Å². The number of hydrogen-bond donors (Lipinski definition) is 4. The maximum atomic E-state index is 12.3. The molecule has 0 unspecified atom stereocenters. The molecule has 0 saturated heterocycles. The maximum Gasteiger partial charge on any atom is 0.407 e. The van der Waals surface area contributed by atoms with E-state index in [0.717, 1.165) is 48.0 Å². The number of anilines is 1. The normalized spacial score (nSPS) is 17.5. The largest absolute Gasteiger partial charge is 0.508 e. The lowest BCUT2D eigenvalue weighted by atomic mass is 9.91. The zero-order valence-electron chi connectivity index (χ0n) is 24.6. The van der Waals surface area contributed by atoms with Crippen molar-refractivity contribution < 1.29 is 19.4 Å². The molecule has 0 radical (unpaired) electrons. The number of methoxy groups -OCH3 is 1. The minimum Gasteiger partial charge on any atom is -0.508 e. The summed E-state index contributed by atoms with van der Waals surface area (Å²) in [5.74, 6) is 0.793. The highest BCUT2D eigenvalue weighted by Crippen LogP contribution is 2.33. The van der Waals surface area contributed by atoms with Gasteiger partial charge in [-0.05, 0) is 70.7 Å². The summed E-state index contributed by atoms with van der Waals surface area (Å²) in [4.78, 5) is 21.2. The van der Waals surface area contributed by atoms with E-state index in [0.29, 0.717) is 17.1 Å². The van der Waals surface area contributed by atoms with Crippen LogP contribution in [-0.4, -0.2) is 56.4 Å². The first kappa shape index (κ1) is 30.0. The molecule has 1 aromatic carbocycles. The lowest BCUT2D eigenvalue weighted by Gasteiger charge is -2.31. The molecule has 5 rings (SSSR count). The predicted octanol–water partition coefficient (Wildman–Crippen LogP) is 6.05. The molecule has 3 heterocycles. The number of alkyl carbamates (subject to hydrolysis) is 1. The molecule has 5 N–H and O–H groups in total. The fourth-order valence-corrected chi connectivity index (χ4v) is 5.29. The molecule has 43 heavy (non-hydrogen) atoms. The van der Waals surface area contributed by atoms with E-state index in [2.05, 4.69) is 25.7 Å². The van der Waals surface area contributed by atoms with Crippen LogP contribution in [0.2, 0.25) is 5.02 Å². The van der Waals surface area contributed by atoms with E-state index >= 15 is 0 Å². The number of fused-ring (bicyclic) bond motifs is 1. The van der Waals surface area contributed by atoms with Gasteiger partial charge in [0.25, 0.3) is 0 Å². The predicted molar refractivity (Wildman–Crippen MR) is 168 cm³/mol. The van der Waals surface area contributed by atoms with Gasteiger partial charge in [-0.25, -0.2) is 19.3 Å². The molecule has 12 heteroatoms. The van der Waals surface area contributed by atoms with Gasteiger partial charge in [-0.2, -0.15) is 5.10 Å². The maximum absolute atomic E-state index is 12.3. The Morgan fingerprint density at radius 1 is 1.09 bits per heavy atom. The van der Waals surface area contributed by atoms with Crippen LogP contribution < -0.4 is 21.1 Å². The van der Waals surface area contributed by atoms with Gasteiger partial charge in [0.05, 0.1) is 40.8 Å². The van der Waals surface area contributed by atoms with Gasteiger partial charge in [0, 0.05) is 47.7 Å². The number of hydrogen-bond acceptors (Lipinski definition) is 8. The molecule has 0 atom stereocenters. The van der Waals surface area contributed by atoms with E-state index < -0.39 is 11.7 Å². The standard InChI is InChI=1S/C31H36ClN7O4/c1-31(2,3)43-30(41)37-21-8-6-20(7-9-21)36-28-23(29(33)38-25-11-10-22(40)14-24(25)32)16-35-39-17-19(13-26(28)39)18-5-12-27(42-4)34-15-18/h5,10-17,20-21,36,40H,6-9H2,1-4H3,(H2,33,38)(H,37,41). The van der Waals surface area contributed by atoms with Crippen LogP contribution >= 0.6 is 11.6 Å². The van der Waals surface area contributed by atoms with Crippen molar-refractivity contribution in [3.8, 4) is 22.8 Å². The number of aromatic nitrogens is 3. The number of pyridine rings is 1. The summed E-state index contributed by atoms with van der Waals surface area (Å²) in [7, 11) is 1.58. The number of amides is 1. The molecule has 1 aliphatic rings. The molecular formula is C31H36ClN7O4. The summed E-state index contributed by atoms with van der Waals surface area (Å²) in [5.41, 5.74) is 10.5. The van der Waals surface area contributed by atoms with Crippen LogP contribution in [-0.2, 0) is 4.74 Å². The first-order valence-electron chi connectivity index (χ1n) is 14.1. The monoisotopic (exact) mass is 605 g/mol. The Balaban J connectivity index is 1.45. The topological polar surface area (TPSA) is 148 Å². The van der Waals surface area contributed by atoms with Crippen molar-refractivity contribution in [2.24, 2.45) is 10.7 Å². The van der Waals surface area contributed by atoms with Crippen LogP contribution in [0.1, 0.15) is 52.0 Å². The van der Waals surface area contributed by atoms with Crippen molar-refractivity contribution in [3.05, 3.63) is 65.6 Å². The summed E-state index contributed by atoms with van der Waals surface area (Å²) in [6.07, 6.45) is 8.20. The van der Waals surface area contributed by atoms with E-state index in [1.54, 1.807) is 30.1 Å². The molecule has 1 saturated carbocycles. The molecule has 1 aliphatic carbocycles. The Hall–Kier alpha value is -4.51. The van der Waals surface area contributed by atoms with Crippen LogP contribution in [0.25, 0.3) is 16.6 Å². The third-order valence-corrected chi connectivity index (χ3v) is 7.46. The van der Waals surface area contributed by atoms with Gasteiger partial charge in [0.15, 0.2) is 0 Å². The quantitative estimate of drug-likeness (QED) is 0.147. The first-order chi connectivity index (χ1) is 20.5. The van der Waals surface area contributed by atoms with E-state index in [4.69, 9.17) is 26.8 Å². The van der Waals surface area contributed by atoms with Crippen LogP contribution in [0.15, 0.2) is 60.0 Å². The number of aliphatic imine (C=N–C) groups is 1. The van der Waals surface area contributed by atoms with Crippen LogP contribution in [0.4, 0.5) is 16.2 Å². The highest BCUT2D eigenvalue weighted by atomic mass is 35.5. The molecule has 11 nitrogen and oxygen atoms in total. The number of nitrogens with one attached hydrogen (secondary N) is 2. The van der Waals surface area contributed by atoms with Gasteiger partial charge in [-0.1, -0.05) is 11.6 Å². The second-order valence-electron chi connectivity index (χ2n) is 11.6. The molecular weight excluding hydrogens is 570 g/mol. The van der Waals surface area contributed by atoms with Crippen molar-refractivity contribution in [1.29, 1.82) is 0 Å². The Labute approximate surface area is 255 Å². The molecule has 0 bridgehead atoms. The summed E-state index contributed by atoms with van der Waals surface area (Å²) in [6.45, 7) is 5.55. The molecule has 1 fully saturated rings. The number of benzene rings is 1. The van der Waals surface area contributed by atoms with Gasteiger partial charge in [0.1, 0.15) is 17.2 Å².